The van der Waals surface area contributed by atoms with Crippen molar-refractivity contribution in [3.63, 3.8) is 0 Å². The Morgan fingerprint density at radius 1 is 1.50 bits per heavy atom. The monoisotopic (exact) mass is 264 g/mol. The first-order valence-electron chi connectivity index (χ1n) is 3.75. The molecule has 1 aromatic rings. The third kappa shape index (κ3) is 1.45. The molecule has 2 heterocycles. The highest BCUT2D eigenvalue weighted by molar-refractivity contribution is 9.10. The van der Waals surface area contributed by atoms with E-state index < -0.39 is 5.60 Å². The molecule has 0 aliphatic carbocycles. The number of rotatable bonds is 1. The van der Waals surface area contributed by atoms with Crippen LogP contribution in [0.5, 0.6) is 0 Å². The molecule has 0 bridgehead atoms. The lowest BCUT2D eigenvalue weighted by Crippen LogP contribution is -2.24. The average Bonchev–Trinajstić information content (AvgIpc) is 2.59. The Bertz CT molecular complexity index is 278. The molecule has 0 spiro atoms. The maximum absolute atomic E-state index is 10.2. The first-order valence-corrected chi connectivity index (χ1v) is 6.64. The summed E-state index contributed by atoms with van der Waals surface area (Å²) in [5.41, 5.74) is 0.501. The SMILES string of the molecule is OC1(c2cscc2Br)CCSC1. The fourth-order valence-electron chi connectivity index (χ4n) is 1.38. The van der Waals surface area contributed by atoms with Crippen molar-refractivity contribution in [3.05, 3.63) is 20.8 Å². The van der Waals surface area contributed by atoms with Crippen LogP contribution in [0.25, 0.3) is 0 Å². The van der Waals surface area contributed by atoms with E-state index in [1.54, 1.807) is 11.3 Å². The zero-order valence-electron chi connectivity index (χ0n) is 6.42. The fourth-order valence-corrected chi connectivity index (χ4v) is 4.40. The Hall–Kier alpha value is 0.490. The number of hydrogen-bond donors (Lipinski definition) is 1. The van der Waals surface area contributed by atoms with Gasteiger partial charge < -0.3 is 5.11 Å². The molecule has 1 aliphatic rings. The highest BCUT2D eigenvalue weighted by Crippen LogP contribution is 2.41. The van der Waals surface area contributed by atoms with E-state index in [0.29, 0.717) is 0 Å². The lowest BCUT2D eigenvalue weighted by atomic mass is 9.96. The van der Waals surface area contributed by atoms with Crippen LogP contribution < -0.4 is 0 Å². The molecule has 66 valence electrons. The van der Waals surface area contributed by atoms with Crippen molar-refractivity contribution in [2.45, 2.75) is 12.0 Å². The number of hydrogen-bond acceptors (Lipinski definition) is 3. The van der Waals surface area contributed by atoms with Crippen molar-refractivity contribution < 1.29 is 5.11 Å². The molecule has 0 amide bonds. The summed E-state index contributed by atoms with van der Waals surface area (Å²) in [4.78, 5) is 0. The van der Waals surface area contributed by atoms with Gasteiger partial charge in [-0.25, -0.2) is 0 Å². The molecule has 12 heavy (non-hydrogen) atoms. The number of thiophene rings is 1. The molecule has 4 heteroatoms. The molecule has 0 radical (unpaired) electrons. The molecular formula is C8H9BrOS2. The van der Waals surface area contributed by atoms with Crippen LogP contribution in [-0.4, -0.2) is 16.6 Å². The third-order valence-electron chi connectivity index (χ3n) is 2.12. The van der Waals surface area contributed by atoms with E-state index in [0.717, 1.165) is 28.0 Å². The van der Waals surface area contributed by atoms with E-state index in [9.17, 15) is 5.11 Å². The zero-order chi connectivity index (χ0) is 8.60. The molecule has 1 saturated heterocycles. The molecule has 2 rings (SSSR count). The van der Waals surface area contributed by atoms with E-state index in [-0.39, 0.29) is 0 Å². The first kappa shape index (κ1) is 9.06. The van der Waals surface area contributed by atoms with Crippen molar-refractivity contribution in [2.24, 2.45) is 0 Å². The zero-order valence-corrected chi connectivity index (χ0v) is 9.64. The van der Waals surface area contributed by atoms with Crippen molar-refractivity contribution in [1.29, 1.82) is 0 Å². The molecule has 1 aliphatic heterocycles. The van der Waals surface area contributed by atoms with Crippen molar-refractivity contribution in [1.82, 2.24) is 0 Å². The van der Waals surface area contributed by atoms with Crippen LogP contribution in [0.15, 0.2) is 15.2 Å². The second-order valence-electron chi connectivity index (χ2n) is 2.97. The summed E-state index contributed by atoms with van der Waals surface area (Å²) in [6.07, 6.45) is 0.882. The minimum Gasteiger partial charge on any atom is -0.384 e. The van der Waals surface area contributed by atoms with Gasteiger partial charge in [0.05, 0.1) is 0 Å². The standard InChI is InChI=1S/C8H9BrOS2/c9-7-4-12-3-6(7)8(10)1-2-11-5-8/h3-4,10H,1-2,5H2. The quantitative estimate of drug-likeness (QED) is 0.842. The molecule has 1 atom stereocenters. The van der Waals surface area contributed by atoms with Crippen molar-refractivity contribution >= 4 is 39.0 Å². The van der Waals surface area contributed by atoms with Crippen LogP contribution in [0.3, 0.4) is 0 Å². The topological polar surface area (TPSA) is 20.2 Å². The van der Waals surface area contributed by atoms with Gasteiger partial charge in [0.25, 0.3) is 0 Å². The maximum atomic E-state index is 10.2. The molecule has 0 saturated carbocycles. The largest absolute Gasteiger partial charge is 0.384 e. The van der Waals surface area contributed by atoms with Crippen LogP contribution in [0.1, 0.15) is 12.0 Å². The molecule has 1 unspecified atom stereocenters. The number of thioether (sulfide) groups is 1. The number of aliphatic hydroxyl groups is 1. The summed E-state index contributed by atoms with van der Waals surface area (Å²) < 4.78 is 1.05. The van der Waals surface area contributed by atoms with Crippen molar-refractivity contribution in [2.75, 3.05) is 11.5 Å². The molecule has 1 aromatic heterocycles. The lowest BCUT2D eigenvalue weighted by Gasteiger charge is -2.20. The van der Waals surface area contributed by atoms with Gasteiger partial charge in [0.15, 0.2) is 0 Å². The summed E-state index contributed by atoms with van der Waals surface area (Å²) in [5, 5.41) is 14.2. The summed E-state index contributed by atoms with van der Waals surface area (Å²) in [6, 6.07) is 0. The van der Waals surface area contributed by atoms with E-state index >= 15 is 0 Å². The summed E-state index contributed by atoms with van der Waals surface area (Å²) >= 11 is 6.91. The highest BCUT2D eigenvalue weighted by Gasteiger charge is 2.35. The van der Waals surface area contributed by atoms with Gasteiger partial charge in [-0.05, 0) is 33.5 Å². The van der Waals surface area contributed by atoms with Gasteiger partial charge in [-0.3, -0.25) is 0 Å². The average molecular weight is 265 g/mol. The predicted octanol–water partition coefficient (Wildman–Crippen LogP) is 2.84. The molecule has 0 aromatic carbocycles. The van der Waals surface area contributed by atoms with E-state index in [2.05, 4.69) is 15.9 Å². The van der Waals surface area contributed by atoms with Gasteiger partial charge in [-0.2, -0.15) is 23.1 Å². The molecule has 1 N–H and O–H groups in total. The van der Waals surface area contributed by atoms with Crippen LogP contribution >= 0.6 is 39.0 Å². The Morgan fingerprint density at radius 2 is 2.33 bits per heavy atom. The molecular weight excluding hydrogens is 256 g/mol. The summed E-state index contributed by atoms with van der Waals surface area (Å²) in [5.74, 6) is 1.90. The third-order valence-corrected chi connectivity index (χ3v) is 4.99. The number of halogens is 1. The lowest BCUT2D eigenvalue weighted by molar-refractivity contribution is 0.0655. The van der Waals surface area contributed by atoms with Crippen LogP contribution in [0.4, 0.5) is 0 Å². The van der Waals surface area contributed by atoms with E-state index in [1.165, 1.54) is 0 Å². The smallest absolute Gasteiger partial charge is 0.101 e. The van der Waals surface area contributed by atoms with Crippen LogP contribution in [-0.2, 0) is 5.60 Å². The van der Waals surface area contributed by atoms with Gasteiger partial charge >= 0.3 is 0 Å². The van der Waals surface area contributed by atoms with Gasteiger partial charge in [-0.15, -0.1) is 0 Å². The minimum absolute atomic E-state index is 0.566. The van der Waals surface area contributed by atoms with Gasteiger partial charge in [-0.1, -0.05) is 0 Å². The van der Waals surface area contributed by atoms with Gasteiger partial charge in [0, 0.05) is 21.2 Å². The summed E-state index contributed by atoms with van der Waals surface area (Å²) in [6.45, 7) is 0. The Morgan fingerprint density at radius 3 is 2.83 bits per heavy atom. The van der Waals surface area contributed by atoms with Crippen molar-refractivity contribution in [3.8, 4) is 0 Å². The Kier molecular flexibility index (Phi) is 2.51. The van der Waals surface area contributed by atoms with E-state index in [1.807, 2.05) is 22.5 Å². The van der Waals surface area contributed by atoms with Crippen LogP contribution in [0.2, 0.25) is 0 Å². The molecule has 1 fully saturated rings. The maximum Gasteiger partial charge on any atom is 0.101 e. The van der Waals surface area contributed by atoms with Gasteiger partial charge in [0.1, 0.15) is 5.60 Å². The Labute approximate surface area is 88.3 Å². The highest BCUT2D eigenvalue weighted by atomic mass is 79.9. The fraction of sp³-hybridized carbons (Fsp3) is 0.500. The Balaban J connectivity index is 2.34. The van der Waals surface area contributed by atoms with Crippen LogP contribution in [0, 0.1) is 0 Å². The second-order valence-corrected chi connectivity index (χ2v) is 5.67. The minimum atomic E-state index is -0.566. The predicted molar refractivity (Wildman–Crippen MR) is 57.9 cm³/mol. The molecule has 1 nitrogen and oxygen atoms in total. The van der Waals surface area contributed by atoms with E-state index in [4.69, 9.17) is 0 Å². The first-order chi connectivity index (χ1) is 5.72. The normalized spacial score (nSPS) is 29.5. The summed E-state index contributed by atoms with van der Waals surface area (Å²) in [7, 11) is 0. The second kappa shape index (κ2) is 3.33. The van der Waals surface area contributed by atoms with Gasteiger partial charge in [0.2, 0.25) is 0 Å².